The summed E-state index contributed by atoms with van der Waals surface area (Å²) in [6.45, 7) is 2.42. The predicted octanol–water partition coefficient (Wildman–Crippen LogP) is 2.98. The van der Waals surface area contributed by atoms with Gasteiger partial charge in [0.25, 0.3) is 0 Å². The molecule has 0 aromatic heterocycles. The van der Waals surface area contributed by atoms with Crippen LogP contribution in [-0.2, 0) is 14.3 Å². The molecule has 136 valence electrons. The van der Waals surface area contributed by atoms with Crippen LogP contribution < -0.4 is 10.1 Å². The van der Waals surface area contributed by atoms with Gasteiger partial charge in [0, 0.05) is 18.2 Å². The molecule has 1 atom stereocenters. The smallest absolute Gasteiger partial charge is 0.347 e. The lowest BCUT2D eigenvalue weighted by Crippen LogP contribution is -2.28. The summed E-state index contributed by atoms with van der Waals surface area (Å²) >= 11 is 0. The minimum Gasteiger partial charge on any atom is -0.479 e. The number of carbonyl (C=O) groups is 3. The zero-order valence-corrected chi connectivity index (χ0v) is 14.3. The van der Waals surface area contributed by atoms with Crippen LogP contribution in [0, 0.1) is 5.82 Å². The van der Waals surface area contributed by atoms with Crippen molar-refractivity contribution in [3.8, 4) is 5.75 Å². The standard InChI is InChI=1S/C19H18FNO5/c1-12(26-17-9-5-15(20)6-10-17)19(24)25-11-18(23)14-3-7-16(8-4-14)21-13(2)22/h3-10,12H,11H2,1-2H3,(H,21,22)/t12-/m1/s1. The van der Waals surface area contributed by atoms with E-state index in [1.54, 1.807) is 12.1 Å². The van der Waals surface area contributed by atoms with Gasteiger partial charge in [-0.1, -0.05) is 0 Å². The topological polar surface area (TPSA) is 81.7 Å². The molecule has 0 aliphatic carbocycles. The van der Waals surface area contributed by atoms with Crippen LogP contribution in [0.2, 0.25) is 0 Å². The molecule has 1 amide bonds. The number of halogens is 1. The van der Waals surface area contributed by atoms with Crippen molar-refractivity contribution < 1.29 is 28.2 Å². The first-order chi connectivity index (χ1) is 12.3. The lowest BCUT2D eigenvalue weighted by atomic mass is 10.1. The van der Waals surface area contributed by atoms with E-state index in [4.69, 9.17) is 9.47 Å². The van der Waals surface area contributed by atoms with Crippen molar-refractivity contribution >= 4 is 23.3 Å². The summed E-state index contributed by atoms with van der Waals surface area (Å²) in [6, 6.07) is 11.4. The van der Waals surface area contributed by atoms with Gasteiger partial charge in [-0.25, -0.2) is 9.18 Å². The normalized spacial score (nSPS) is 11.3. The van der Waals surface area contributed by atoms with Gasteiger partial charge in [0.15, 0.2) is 18.5 Å². The number of carbonyl (C=O) groups excluding carboxylic acids is 3. The van der Waals surface area contributed by atoms with Gasteiger partial charge in [-0.3, -0.25) is 9.59 Å². The Morgan fingerprint density at radius 3 is 2.23 bits per heavy atom. The van der Waals surface area contributed by atoms with E-state index in [0.717, 1.165) is 0 Å². The van der Waals surface area contributed by atoms with Crippen LogP contribution in [0.15, 0.2) is 48.5 Å². The molecule has 1 N–H and O–H groups in total. The maximum atomic E-state index is 12.8. The molecule has 0 saturated heterocycles. The Morgan fingerprint density at radius 2 is 1.65 bits per heavy atom. The molecular weight excluding hydrogens is 341 g/mol. The quantitative estimate of drug-likeness (QED) is 0.607. The summed E-state index contributed by atoms with van der Waals surface area (Å²) in [6.07, 6.45) is -0.949. The van der Waals surface area contributed by atoms with Crippen molar-refractivity contribution in [2.24, 2.45) is 0 Å². The lowest BCUT2D eigenvalue weighted by Gasteiger charge is -2.13. The number of benzene rings is 2. The van der Waals surface area contributed by atoms with E-state index >= 15 is 0 Å². The summed E-state index contributed by atoms with van der Waals surface area (Å²) in [5, 5.41) is 2.59. The molecule has 26 heavy (non-hydrogen) atoms. The molecule has 0 fully saturated rings. The third kappa shape index (κ3) is 5.70. The summed E-state index contributed by atoms with van der Waals surface area (Å²) < 4.78 is 23.1. The molecule has 0 bridgehead atoms. The number of amides is 1. The van der Waals surface area contributed by atoms with Crippen LogP contribution in [0.4, 0.5) is 10.1 Å². The minimum absolute atomic E-state index is 0.215. The van der Waals surface area contributed by atoms with Gasteiger partial charge >= 0.3 is 5.97 Å². The Hall–Kier alpha value is -3.22. The number of nitrogens with one attached hydrogen (secondary N) is 1. The summed E-state index contributed by atoms with van der Waals surface area (Å²) in [7, 11) is 0. The van der Waals surface area contributed by atoms with E-state index in [-0.39, 0.29) is 11.7 Å². The Balaban J connectivity index is 1.84. The van der Waals surface area contributed by atoms with Crippen molar-refractivity contribution in [2.75, 3.05) is 11.9 Å². The maximum Gasteiger partial charge on any atom is 0.347 e. The number of Topliss-reactive ketones (excluding diaryl/α,β-unsaturated/α-hetero) is 1. The van der Waals surface area contributed by atoms with Crippen molar-refractivity contribution in [3.05, 3.63) is 59.9 Å². The van der Waals surface area contributed by atoms with Crippen LogP contribution in [-0.4, -0.2) is 30.4 Å². The highest BCUT2D eigenvalue weighted by atomic mass is 19.1. The largest absolute Gasteiger partial charge is 0.479 e. The van der Waals surface area contributed by atoms with Crippen LogP contribution in [0.1, 0.15) is 24.2 Å². The van der Waals surface area contributed by atoms with Gasteiger partial charge in [-0.2, -0.15) is 0 Å². The van der Waals surface area contributed by atoms with Gasteiger partial charge in [-0.05, 0) is 55.5 Å². The number of hydrogen-bond acceptors (Lipinski definition) is 5. The van der Waals surface area contributed by atoms with Crippen molar-refractivity contribution in [1.29, 1.82) is 0 Å². The molecule has 0 saturated carbocycles. The molecule has 0 radical (unpaired) electrons. The first-order valence-electron chi connectivity index (χ1n) is 7.85. The fourth-order valence-electron chi connectivity index (χ4n) is 2.05. The SMILES string of the molecule is CC(=O)Nc1ccc(C(=O)COC(=O)[C@@H](C)Oc2ccc(F)cc2)cc1. The summed E-state index contributed by atoms with van der Waals surface area (Å²) in [5.74, 6) is -1.41. The average molecular weight is 359 g/mol. The zero-order chi connectivity index (χ0) is 19.1. The van der Waals surface area contributed by atoms with E-state index in [0.29, 0.717) is 17.0 Å². The number of ether oxygens (including phenoxy) is 2. The minimum atomic E-state index is -0.949. The molecule has 0 unspecified atom stereocenters. The molecule has 2 aromatic rings. The first-order valence-corrected chi connectivity index (χ1v) is 7.85. The Kier molecular flexibility index (Phi) is 6.43. The highest BCUT2D eigenvalue weighted by Crippen LogP contribution is 2.14. The average Bonchev–Trinajstić information content (AvgIpc) is 2.61. The molecular formula is C19H18FNO5. The molecule has 0 spiro atoms. The fourth-order valence-corrected chi connectivity index (χ4v) is 2.05. The van der Waals surface area contributed by atoms with Gasteiger partial charge in [0.05, 0.1) is 0 Å². The van der Waals surface area contributed by atoms with Gasteiger partial charge < -0.3 is 14.8 Å². The third-order valence-electron chi connectivity index (χ3n) is 3.33. The van der Waals surface area contributed by atoms with Crippen LogP contribution >= 0.6 is 0 Å². The van der Waals surface area contributed by atoms with E-state index in [1.807, 2.05) is 0 Å². The molecule has 2 aromatic carbocycles. The molecule has 0 heterocycles. The van der Waals surface area contributed by atoms with E-state index in [9.17, 15) is 18.8 Å². The first kappa shape index (κ1) is 19.1. The number of esters is 1. The van der Waals surface area contributed by atoms with Crippen LogP contribution in [0.5, 0.6) is 5.75 Å². The van der Waals surface area contributed by atoms with Crippen LogP contribution in [0.25, 0.3) is 0 Å². The monoisotopic (exact) mass is 359 g/mol. The Bertz CT molecular complexity index is 787. The fraction of sp³-hybridized carbons (Fsp3) is 0.211. The molecule has 0 aliphatic heterocycles. The predicted molar refractivity (Wildman–Crippen MR) is 92.5 cm³/mol. The highest BCUT2D eigenvalue weighted by molar-refractivity contribution is 5.98. The summed E-state index contributed by atoms with van der Waals surface area (Å²) in [5.41, 5.74) is 0.909. The van der Waals surface area contributed by atoms with E-state index < -0.39 is 24.5 Å². The molecule has 2 rings (SSSR count). The second-order valence-corrected chi connectivity index (χ2v) is 5.50. The van der Waals surface area contributed by atoms with Crippen molar-refractivity contribution in [3.63, 3.8) is 0 Å². The Morgan fingerprint density at radius 1 is 1.04 bits per heavy atom. The lowest BCUT2D eigenvalue weighted by molar-refractivity contribution is -0.149. The second-order valence-electron chi connectivity index (χ2n) is 5.50. The number of rotatable bonds is 7. The van der Waals surface area contributed by atoms with Gasteiger partial charge in [0.2, 0.25) is 5.91 Å². The molecule has 6 nitrogen and oxygen atoms in total. The molecule has 0 aliphatic rings. The maximum absolute atomic E-state index is 12.8. The van der Waals surface area contributed by atoms with Gasteiger partial charge in [0.1, 0.15) is 11.6 Å². The second kappa shape index (κ2) is 8.75. The van der Waals surface area contributed by atoms with Crippen molar-refractivity contribution in [2.45, 2.75) is 20.0 Å². The summed E-state index contributed by atoms with van der Waals surface area (Å²) in [4.78, 5) is 34.9. The Labute approximate surface area is 149 Å². The van der Waals surface area contributed by atoms with Crippen LogP contribution in [0.3, 0.4) is 0 Å². The number of ketones is 1. The van der Waals surface area contributed by atoms with Gasteiger partial charge in [-0.15, -0.1) is 0 Å². The van der Waals surface area contributed by atoms with E-state index in [1.165, 1.54) is 50.2 Å². The highest BCUT2D eigenvalue weighted by Gasteiger charge is 2.18. The van der Waals surface area contributed by atoms with E-state index in [2.05, 4.69) is 5.32 Å². The number of hydrogen-bond donors (Lipinski definition) is 1. The third-order valence-corrected chi connectivity index (χ3v) is 3.33. The van der Waals surface area contributed by atoms with Crippen molar-refractivity contribution in [1.82, 2.24) is 0 Å². The zero-order valence-electron chi connectivity index (χ0n) is 14.3. The molecule has 7 heteroatoms. The number of anilines is 1.